The lowest BCUT2D eigenvalue weighted by molar-refractivity contribution is -0.123. The molecule has 1 aromatic carbocycles. The van der Waals surface area contributed by atoms with Gasteiger partial charge in [-0.2, -0.15) is 0 Å². The summed E-state index contributed by atoms with van der Waals surface area (Å²) >= 11 is 0. The van der Waals surface area contributed by atoms with Crippen molar-refractivity contribution in [3.05, 3.63) is 30.1 Å². The number of carbonyl (C=O) groups excluding carboxylic acids is 1. The number of para-hydroxylation sites is 1. The van der Waals surface area contributed by atoms with Gasteiger partial charge in [0.25, 0.3) is 0 Å². The highest BCUT2D eigenvalue weighted by Crippen LogP contribution is 2.25. The van der Waals surface area contributed by atoms with E-state index in [0.717, 1.165) is 19.4 Å². The molecule has 0 bridgehead atoms. The van der Waals surface area contributed by atoms with Crippen LogP contribution in [-0.4, -0.2) is 25.0 Å². The first-order valence-corrected chi connectivity index (χ1v) is 5.82. The van der Waals surface area contributed by atoms with Gasteiger partial charge in [-0.25, -0.2) is 4.39 Å². The average Bonchev–Trinajstić information content (AvgIpc) is 2.76. The standard InChI is InChI=1S/C13H17FN2O/c1-13(8-5-9-15-13)12(17)16(2)11-7-4-3-6-10(11)14/h3-4,6-7,15H,5,8-9H2,1-2H3. The van der Waals surface area contributed by atoms with Gasteiger partial charge in [0, 0.05) is 7.05 Å². The van der Waals surface area contributed by atoms with Crippen LogP contribution in [0.5, 0.6) is 0 Å². The molecule has 17 heavy (non-hydrogen) atoms. The minimum atomic E-state index is -0.559. The Labute approximate surface area is 101 Å². The monoisotopic (exact) mass is 236 g/mol. The summed E-state index contributed by atoms with van der Waals surface area (Å²) in [4.78, 5) is 13.7. The SMILES string of the molecule is CN(C(=O)C1(C)CCCN1)c1ccccc1F. The van der Waals surface area contributed by atoms with Gasteiger partial charge in [-0.1, -0.05) is 12.1 Å². The molecular formula is C13H17FN2O. The molecule has 1 amide bonds. The van der Waals surface area contributed by atoms with Gasteiger partial charge < -0.3 is 10.2 Å². The van der Waals surface area contributed by atoms with Crippen molar-refractivity contribution < 1.29 is 9.18 Å². The molecule has 1 saturated heterocycles. The molecule has 1 unspecified atom stereocenters. The normalized spacial score (nSPS) is 23.7. The molecule has 1 fully saturated rings. The highest BCUT2D eigenvalue weighted by atomic mass is 19.1. The number of nitrogens with zero attached hydrogens (tertiary/aromatic N) is 1. The van der Waals surface area contributed by atoms with Gasteiger partial charge >= 0.3 is 0 Å². The zero-order valence-electron chi connectivity index (χ0n) is 10.2. The summed E-state index contributed by atoms with van der Waals surface area (Å²) in [7, 11) is 1.62. The van der Waals surface area contributed by atoms with Crippen LogP contribution in [0.15, 0.2) is 24.3 Å². The van der Waals surface area contributed by atoms with Gasteiger partial charge in [0.2, 0.25) is 5.91 Å². The van der Waals surface area contributed by atoms with Crippen molar-refractivity contribution in [2.24, 2.45) is 0 Å². The molecule has 0 aromatic heterocycles. The number of likely N-dealkylation sites (N-methyl/N-ethyl adjacent to an activating group) is 1. The zero-order chi connectivity index (χ0) is 12.5. The van der Waals surface area contributed by atoms with E-state index < -0.39 is 5.54 Å². The van der Waals surface area contributed by atoms with E-state index in [9.17, 15) is 9.18 Å². The highest BCUT2D eigenvalue weighted by Gasteiger charge is 2.38. The summed E-state index contributed by atoms with van der Waals surface area (Å²) in [5.41, 5.74) is -0.232. The average molecular weight is 236 g/mol. The molecule has 92 valence electrons. The van der Waals surface area contributed by atoms with E-state index in [2.05, 4.69) is 5.32 Å². The Morgan fingerprint density at radius 1 is 1.47 bits per heavy atom. The number of amides is 1. The van der Waals surface area contributed by atoms with Crippen molar-refractivity contribution in [3.8, 4) is 0 Å². The number of halogens is 1. The van der Waals surface area contributed by atoms with Gasteiger partial charge in [-0.15, -0.1) is 0 Å². The van der Waals surface area contributed by atoms with Crippen LogP contribution in [0, 0.1) is 5.82 Å². The predicted octanol–water partition coefficient (Wildman–Crippen LogP) is 1.93. The Bertz CT molecular complexity index is 427. The molecule has 0 saturated carbocycles. The first kappa shape index (κ1) is 12.0. The molecule has 0 aliphatic carbocycles. The summed E-state index contributed by atoms with van der Waals surface area (Å²) in [6.45, 7) is 2.72. The van der Waals surface area contributed by atoms with Crippen LogP contribution in [0.25, 0.3) is 0 Å². The number of rotatable bonds is 2. The molecule has 1 heterocycles. The Balaban J connectivity index is 2.23. The van der Waals surface area contributed by atoms with E-state index in [0.29, 0.717) is 5.69 Å². The molecule has 1 aliphatic heterocycles. The number of carbonyl (C=O) groups is 1. The lowest BCUT2D eigenvalue weighted by Crippen LogP contribution is -2.52. The third-order valence-electron chi connectivity index (χ3n) is 3.36. The fourth-order valence-electron chi connectivity index (χ4n) is 2.28. The van der Waals surface area contributed by atoms with Crippen LogP contribution in [0.2, 0.25) is 0 Å². The van der Waals surface area contributed by atoms with Crippen molar-refractivity contribution in [3.63, 3.8) is 0 Å². The molecule has 4 heteroatoms. The van der Waals surface area contributed by atoms with Crippen molar-refractivity contribution in [1.82, 2.24) is 5.32 Å². The minimum absolute atomic E-state index is 0.0832. The van der Waals surface area contributed by atoms with Gasteiger partial charge in [0.1, 0.15) is 5.82 Å². The Hall–Kier alpha value is -1.42. The zero-order valence-corrected chi connectivity index (χ0v) is 10.2. The highest BCUT2D eigenvalue weighted by molar-refractivity contribution is 5.99. The third-order valence-corrected chi connectivity index (χ3v) is 3.36. The topological polar surface area (TPSA) is 32.3 Å². The Kier molecular flexibility index (Phi) is 3.15. The van der Waals surface area contributed by atoms with Crippen LogP contribution in [0.3, 0.4) is 0 Å². The van der Waals surface area contributed by atoms with Crippen molar-refractivity contribution in [2.75, 3.05) is 18.5 Å². The molecule has 1 atom stereocenters. The van der Waals surface area contributed by atoms with Crippen molar-refractivity contribution in [2.45, 2.75) is 25.3 Å². The number of nitrogens with one attached hydrogen (secondary N) is 1. The second-order valence-corrected chi connectivity index (χ2v) is 4.68. The fraction of sp³-hybridized carbons (Fsp3) is 0.462. The van der Waals surface area contributed by atoms with Gasteiger partial charge in [0.05, 0.1) is 11.2 Å². The number of hydrogen-bond acceptors (Lipinski definition) is 2. The summed E-state index contributed by atoms with van der Waals surface area (Å²) in [6.07, 6.45) is 1.78. The Morgan fingerprint density at radius 2 is 2.18 bits per heavy atom. The number of benzene rings is 1. The van der Waals surface area contributed by atoms with Crippen molar-refractivity contribution in [1.29, 1.82) is 0 Å². The van der Waals surface area contributed by atoms with E-state index in [-0.39, 0.29) is 11.7 Å². The number of anilines is 1. The van der Waals surface area contributed by atoms with Crippen LogP contribution >= 0.6 is 0 Å². The lowest BCUT2D eigenvalue weighted by Gasteiger charge is -2.29. The molecule has 3 nitrogen and oxygen atoms in total. The van der Waals surface area contributed by atoms with Crippen molar-refractivity contribution >= 4 is 11.6 Å². The number of hydrogen-bond donors (Lipinski definition) is 1. The first-order chi connectivity index (χ1) is 8.04. The maximum atomic E-state index is 13.6. The van der Waals surface area contributed by atoms with Crippen LogP contribution in [0.4, 0.5) is 10.1 Å². The maximum Gasteiger partial charge on any atom is 0.246 e. The molecule has 1 aromatic rings. The quantitative estimate of drug-likeness (QED) is 0.851. The largest absolute Gasteiger partial charge is 0.311 e. The molecular weight excluding hydrogens is 219 g/mol. The smallest absolute Gasteiger partial charge is 0.246 e. The van der Waals surface area contributed by atoms with E-state index >= 15 is 0 Å². The second-order valence-electron chi connectivity index (χ2n) is 4.68. The van der Waals surface area contributed by atoms with Gasteiger partial charge in [0.15, 0.2) is 0 Å². The summed E-state index contributed by atoms with van der Waals surface area (Å²) < 4.78 is 13.6. The predicted molar refractivity (Wildman–Crippen MR) is 65.5 cm³/mol. The van der Waals surface area contributed by atoms with E-state index in [1.54, 1.807) is 25.2 Å². The molecule has 0 radical (unpaired) electrons. The molecule has 1 N–H and O–H groups in total. The van der Waals surface area contributed by atoms with Gasteiger partial charge in [-0.05, 0) is 38.4 Å². The molecule has 1 aliphatic rings. The summed E-state index contributed by atoms with van der Waals surface area (Å²) in [6, 6.07) is 6.33. The van der Waals surface area contributed by atoms with Crippen LogP contribution in [-0.2, 0) is 4.79 Å². The summed E-state index contributed by atoms with van der Waals surface area (Å²) in [5.74, 6) is -0.454. The fourth-order valence-corrected chi connectivity index (χ4v) is 2.28. The van der Waals surface area contributed by atoms with Crippen LogP contribution in [0.1, 0.15) is 19.8 Å². The van der Waals surface area contributed by atoms with Crippen LogP contribution < -0.4 is 10.2 Å². The Morgan fingerprint density at radius 3 is 2.76 bits per heavy atom. The van der Waals surface area contributed by atoms with Gasteiger partial charge in [-0.3, -0.25) is 4.79 Å². The maximum absolute atomic E-state index is 13.6. The van der Waals surface area contributed by atoms with E-state index in [1.807, 2.05) is 6.92 Å². The van der Waals surface area contributed by atoms with E-state index in [4.69, 9.17) is 0 Å². The first-order valence-electron chi connectivity index (χ1n) is 5.82. The minimum Gasteiger partial charge on any atom is -0.311 e. The summed E-state index contributed by atoms with van der Waals surface area (Å²) in [5, 5.41) is 3.19. The molecule has 0 spiro atoms. The second kappa shape index (κ2) is 4.45. The van der Waals surface area contributed by atoms with E-state index in [1.165, 1.54) is 11.0 Å². The molecule has 2 rings (SSSR count). The third kappa shape index (κ3) is 2.17. The lowest BCUT2D eigenvalue weighted by atomic mass is 9.98.